The average Bonchev–Trinajstić information content (AvgIpc) is 2.80. The van der Waals surface area contributed by atoms with Crippen molar-refractivity contribution in [2.75, 3.05) is 7.11 Å². The molecule has 0 N–H and O–H groups in total. The zero-order chi connectivity index (χ0) is 15.0. The van der Waals surface area contributed by atoms with Gasteiger partial charge in [0.2, 0.25) is 6.19 Å². The normalized spacial score (nSPS) is 29.6. The van der Waals surface area contributed by atoms with Gasteiger partial charge in [-0.1, -0.05) is 15.9 Å². The number of hydrogen-bond acceptors (Lipinski definition) is 3. The zero-order valence-electron chi connectivity index (χ0n) is 11.8. The van der Waals surface area contributed by atoms with Crippen LogP contribution in [0.15, 0.2) is 21.6 Å². The second-order valence-corrected chi connectivity index (χ2v) is 6.69. The van der Waals surface area contributed by atoms with E-state index < -0.39 is 0 Å². The summed E-state index contributed by atoms with van der Waals surface area (Å²) in [5.41, 5.74) is 2.01. The summed E-state index contributed by atoms with van der Waals surface area (Å²) in [7, 11) is 1.73. The van der Waals surface area contributed by atoms with Gasteiger partial charge >= 0.3 is 0 Å². The minimum atomic E-state index is -0.211. The maximum atomic E-state index is 14.2. The predicted octanol–water partition coefficient (Wildman–Crippen LogP) is 3.99. The summed E-state index contributed by atoms with van der Waals surface area (Å²) in [6.07, 6.45) is 6.41. The van der Waals surface area contributed by atoms with Gasteiger partial charge in [0.25, 0.3) is 0 Å². The van der Waals surface area contributed by atoms with E-state index in [1.165, 1.54) is 6.07 Å². The number of benzene rings is 1. The number of rotatable bonds is 1. The monoisotopic (exact) mass is 350 g/mol. The number of hydrogen-bond donors (Lipinski definition) is 0. The van der Waals surface area contributed by atoms with Gasteiger partial charge < -0.3 is 4.74 Å². The minimum Gasteiger partial charge on any atom is -0.381 e. The molecule has 2 aliphatic rings. The van der Waals surface area contributed by atoms with E-state index >= 15 is 0 Å². The molecule has 1 aromatic carbocycles. The van der Waals surface area contributed by atoms with Crippen molar-refractivity contribution in [1.82, 2.24) is 0 Å². The third kappa shape index (κ3) is 2.31. The molecule has 21 heavy (non-hydrogen) atoms. The molecule has 1 aromatic rings. The largest absolute Gasteiger partial charge is 0.381 e. The average molecular weight is 351 g/mol. The number of ether oxygens (including phenoxy) is 1. The first kappa shape index (κ1) is 14.7. The molecule has 0 aliphatic heterocycles. The fourth-order valence-corrected chi connectivity index (χ4v) is 4.29. The fraction of sp³-hybridized carbons (Fsp3) is 0.500. The van der Waals surface area contributed by atoms with Crippen molar-refractivity contribution in [2.45, 2.75) is 38.2 Å². The highest BCUT2D eigenvalue weighted by Crippen LogP contribution is 2.50. The highest BCUT2D eigenvalue weighted by molar-refractivity contribution is 9.10. The van der Waals surface area contributed by atoms with Crippen LogP contribution in [0.3, 0.4) is 0 Å². The molecule has 3 nitrogen and oxygen atoms in total. The third-order valence-electron chi connectivity index (χ3n) is 4.84. The Bertz CT molecular complexity index is 642. The summed E-state index contributed by atoms with van der Waals surface area (Å²) in [4.78, 5) is 4.08. The first-order valence-electron chi connectivity index (χ1n) is 7.08. The molecule has 3 rings (SSSR count). The van der Waals surface area contributed by atoms with E-state index in [1.807, 2.05) is 6.19 Å². The molecule has 1 spiro atoms. The Kier molecular flexibility index (Phi) is 3.85. The van der Waals surface area contributed by atoms with E-state index in [-0.39, 0.29) is 17.3 Å². The molecule has 1 fully saturated rings. The van der Waals surface area contributed by atoms with E-state index in [2.05, 4.69) is 20.9 Å². The lowest BCUT2D eigenvalue weighted by molar-refractivity contribution is 0.0467. The van der Waals surface area contributed by atoms with Gasteiger partial charge in [-0.15, -0.1) is 0 Å². The van der Waals surface area contributed by atoms with Crippen molar-refractivity contribution in [3.63, 3.8) is 0 Å². The molecule has 5 heteroatoms. The van der Waals surface area contributed by atoms with Crippen LogP contribution in [0.5, 0.6) is 0 Å². The molecule has 0 aromatic heterocycles. The molecule has 0 amide bonds. The van der Waals surface area contributed by atoms with Gasteiger partial charge in [-0.05, 0) is 49.8 Å². The highest BCUT2D eigenvalue weighted by atomic mass is 79.9. The quantitative estimate of drug-likeness (QED) is 0.718. The molecule has 0 saturated heterocycles. The number of halogens is 2. The molecule has 2 aliphatic carbocycles. The van der Waals surface area contributed by atoms with E-state index in [0.29, 0.717) is 12.0 Å². The molecule has 110 valence electrons. The SMILES string of the molecule is COC1CCC2(CC1)Cc1c(F)ccc(Br)c1C2=NC#N. The molecule has 0 heterocycles. The fourth-order valence-electron chi connectivity index (χ4n) is 3.73. The maximum absolute atomic E-state index is 14.2. The third-order valence-corrected chi connectivity index (χ3v) is 5.50. The van der Waals surface area contributed by atoms with E-state index in [0.717, 1.165) is 41.4 Å². The lowest BCUT2D eigenvalue weighted by atomic mass is 9.70. The van der Waals surface area contributed by atoms with Gasteiger partial charge in [0.05, 0.1) is 11.8 Å². The van der Waals surface area contributed by atoms with Crippen LogP contribution in [0.4, 0.5) is 4.39 Å². The van der Waals surface area contributed by atoms with Crippen molar-refractivity contribution >= 4 is 21.6 Å². The molecule has 1 saturated carbocycles. The van der Waals surface area contributed by atoms with Crippen LogP contribution in [-0.4, -0.2) is 18.9 Å². The van der Waals surface area contributed by atoms with Gasteiger partial charge in [-0.25, -0.2) is 4.39 Å². The Morgan fingerprint density at radius 3 is 2.76 bits per heavy atom. The van der Waals surface area contributed by atoms with Crippen molar-refractivity contribution in [1.29, 1.82) is 5.26 Å². The van der Waals surface area contributed by atoms with E-state index in [9.17, 15) is 4.39 Å². The summed E-state index contributed by atoms with van der Waals surface area (Å²) in [6, 6.07) is 3.17. The lowest BCUT2D eigenvalue weighted by Crippen LogP contribution is -2.35. The Hall–Kier alpha value is -1.25. The molecule has 0 unspecified atom stereocenters. The smallest absolute Gasteiger partial charge is 0.205 e. The predicted molar refractivity (Wildman–Crippen MR) is 81.7 cm³/mol. The number of aliphatic imine (C=N–C) groups is 1. The Morgan fingerprint density at radius 1 is 1.43 bits per heavy atom. The van der Waals surface area contributed by atoms with E-state index in [4.69, 9.17) is 10.00 Å². The highest BCUT2D eigenvalue weighted by Gasteiger charge is 2.47. The Morgan fingerprint density at radius 2 is 2.14 bits per heavy atom. The maximum Gasteiger partial charge on any atom is 0.205 e. The van der Waals surface area contributed by atoms with Gasteiger partial charge in [-0.3, -0.25) is 0 Å². The second kappa shape index (κ2) is 5.51. The van der Waals surface area contributed by atoms with Crippen LogP contribution in [0.2, 0.25) is 0 Å². The topological polar surface area (TPSA) is 45.4 Å². The van der Waals surface area contributed by atoms with Crippen LogP contribution in [0.25, 0.3) is 0 Å². The zero-order valence-corrected chi connectivity index (χ0v) is 13.4. The van der Waals surface area contributed by atoms with Crippen molar-refractivity contribution < 1.29 is 9.13 Å². The first-order chi connectivity index (χ1) is 10.1. The van der Waals surface area contributed by atoms with Gasteiger partial charge in [0.1, 0.15) is 5.82 Å². The number of nitriles is 1. The molecule has 0 atom stereocenters. The summed E-state index contributed by atoms with van der Waals surface area (Å²) in [5.74, 6) is -0.204. The number of methoxy groups -OCH3 is 1. The summed E-state index contributed by atoms with van der Waals surface area (Å²) in [5, 5.41) is 9.05. The Labute approximate surface area is 132 Å². The van der Waals surface area contributed by atoms with Crippen LogP contribution in [0, 0.1) is 22.7 Å². The van der Waals surface area contributed by atoms with Crippen LogP contribution >= 0.6 is 15.9 Å². The van der Waals surface area contributed by atoms with Gasteiger partial charge in [0, 0.05) is 22.6 Å². The van der Waals surface area contributed by atoms with Crippen LogP contribution in [0.1, 0.15) is 36.8 Å². The molecule has 0 radical (unpaired) electrons. The minimum absolute atomic E-state index is 0.204. The standard InChI is InChI=1S/C16H16BrFN2O/c1-21-10-4-6-16(7-5-10)8-11-13(18)3-2-12(17)14(11)15(16)20-9-19/h2-3,10H,4-8H2,1H3. The molecule has 0 bridgehead atoms. The van der Waals surface area contributed by atoms with Crippen LogP contribution < -0.4 is 0 Å². The van der Waals surface area contributed by atoms with Crippen molar-refractivity contribution in [3.05, 3.63) is 33.5 Å². The number of fused-ring (bicyclic) bond motifs is 1. The van der Waals surface area contributed by atoms with E-state index in [1.54, 1.807) is 13.2 Å². The van der Waals surface area contributed by atoms with Gasteiger partial charge in [0.15, 0.2) is 0 Å². The van der Waals surface area contributed by atoms with Gasteiger partial charge in [-0.2, -0.15) is 10.3 Å². The first-order valence-corrected chi connectivity index (χ1v) is 7.88. The molecular weight excluding hydrogens is 335 g/mol. The lowest BCUT2D eigenvalue weighted by Gasteiger charge is -2.36. The van der Waals surface area contributed by atoms with Crippen molar-refractivity contribution in [3.8, 4) is 6.19 Å². The summed E-state index contributed by atoms with van der Waals surface area (Å²) >= 11 is 3.49. The Balaban J connectivity index is 2.07. The summed E-state index contributed by atoms with van der Waals surface area (Å²) < 4.78 is 20.4. The van der Waals surface area contributed by atoms with Crippen LogP contribution in [-0.2, 0) is 11.2 Å². The summed E-state index contributed by atoms with van der Waals surface area (Å²) in [6.45, 7) is 0. The number of nitrogens with zero attached hydrogens (tertiary/aromatic N) is 2. The molecular formula is C16H16BrFN2O. The second-order valence-electron chi connectivity index (χ2n) is 5.84. The van der Waals surface area contributed by atoms with Crippen molar-refractivity contribution in [2.24, 2.45) is 10.4 Å².